The number of para-hydroxylation sites is 1. The molecule has 0 saturated carbocycles. The van der Waals surface area contributed by atoms with Crippen LogP contribution in [0.25, 0.3) is 10.9 Å². The molecule has 1 saturated heterocycles. The highest BCUT2D eigenvalue weighted by molar-refractivity contribution is 6.06. The van der Waals surface area contributed by atoms with Crippen molar-refractivity contribution >= 4 is 16.8 Å². The fraction of sp³-hybridized carbons (Fsp3) is 0.438. The molecule has 2 aromatic rings. The van der Waals surface area contributed by atoms with E-state index >= 15 is 0 Å². The van der Waals surface area contributed by atoms with Gasteiger partial charge in [0, 0.05) is 30.2 Å². The van der Waals surface area contributed by atoms with Gasteiger partial charge in [-0.1, -0.05) is 31.5 Å². The molecule has 1 N–H and O–H groups in total. The largest absolute Gasteiger partial charge is 0.360 e. The first-order chi connectivity index (χ1) is 9.29. The first-order valence-electron chi connectivity index (χ1n) is 7.15. The van der Waals surface area contributed by atoms with E-state index in [4.69, 9.17) is 0 Å². The summed E-state index contributed by atoms with van der Waals surface area (Å²) in [5.41, 5.74) is 1.85. The van der Waals surface area contributed by atoms with Crippen molar-refractivity contribution in [1.82, 2.24) is 9.88 Å². The Balaban J connectivity index is 1.81. The highest BCUT2D eigenvalue weighted by Crippen LogP contribution is 2.24. The Morgan fingerprint density at radius 3 is 2.79 bits per heavy atom. The first-order valence-corrected chi connectivity index (χ1v) is 7.15. The Morgan fingerprint density at radius 1 is 1.32 bits per heavy atom. The number of aromatic amines is 1. The SMILES string of the molecule is CCC1CCN(C(=O)c2c[nH]c3ccccc23)CC1. The lowest BCUT2D eigenvalue weighted by Gasteiger charge is -2.31. The minimum Gasteiger partial charge on any atom is -0.360 e. The third kappa shape index (κ3) is 2.25. The molecular weight excluding hydrogens is 236 g/mol. The van der Waals surface area contributed by atoms with Crippen LogP contribution in [0.3, 0.4) is 0 Å². The second-order valence-corrected chi connectivity index (χ2v) is 5.39. The monoisotopic (exact) mass is 256 g/mol. The van der Waals surface area contributed by atoms with Gasteiger partial charge in [-0.05, 0) is 24.8 Å². The molecule has 3 rings (SSSR count). The summed E-state index contributed by atoms with van der Waals surface area (Å²) in [6.45, 7) is 4.04. The number of likely N-dealkylation sites (tertiary alicyclic amines) is 1. The van der Waals surface area contributed by atoms with Gasteiger partial charge in [-0.3, -0.25) is 4.79 Å². The molecular formula is C16H20N2O. The second kappa shape index (κ2) is 5.08. The van der Waals surface area contributed by atoms with Gasteiger partial charge in [-0.15, -0.1) is 0 Å². The summed E-state index contributed by atoms with van der Waals surface area (Å²) in [6, 6.07) is 7.99. The number of carbonyl (C=O) groups is 1. The van der Waals surface area contributed by atoms with Gasteiger partial charge in [-0.25, -0.2) is 0 Å². The van der Waals surface area contributed by atoms with Gasteiger partial charge in [-0.2, -0.15) is 0 Å². The third-order valence-corrected chi connectivity index (χ3v) is 4.30. The van der Waals surface area contributed by atoms with Crippen LogP contribution in [0.2, 0.25) is 0 Å². The van der Waals surface area contributed by atoms with Crippen molar-refractivity contribution in [3.63, 3.8) is 0 Å². The average Bonchev–Trinajstić information content (AvgIpc) is 2.90. The van der Waals surface area contributed by atoms with Gasteiger partial charge < -0.3 is 9.88 Å². The molecule has 0 unspecified atom stereocenters. The molecule has 1 aliphatic rings. The maximum absolute atomic E-state index is 12.6. The summed E-state index contributed by atoms with van der Waals surface area (Å²) < 4.78 is 0. The summed E-state index contributed by atoms with van der Waals surface area (Å²) in [6.07, 6.45) is 5.36. The van der Waals surface area contributed by atoms with Crippen molar-refractivity contribution in [3.05, 3.63) is 36.0 Å². The minimum atomic E-state index is 0.173. The van der Waals surface area contributed by atoms with Crippen LogP contribution < -0.4 is 0 Å². The number of aromatic nitrogens is 1. The van der Waals surface area contributed by atoms with E-state index in [0.717, 1.165) is 48.3 Å². The van der Waals surface area contributed by atoms with E-state index in [1.54, 1.807) is 0 Å². The topological polar surface area (TPSA) is 36.1 Å². The molecule has 0 radical (unpaired) electrons. The quantitative estimate of drug-likeness (QED) is 0.878. The Bertz CT molecular complexity index is 579. The molecule has 3 nitrogen and oxygen atoms in total. The van der Waals surface area contributed by atoms with E-state index in [1.807, 2.05) is 35.4 Å². The van der Waals surface area contributed by atoms with Crippen molar-refractivity contribution < 1.29 is 4.79 Å². The van der Waals surface area contributed by atoms with Gasteiger partial charge in [0.05, 0.1) is 5.56 Å². The highest BCUT2D eigenvalue weighted by atomic mass is 16.2. The predicted molar refractivity (Wildman–Crippen MR) is 77.2 cm³/mol. The third-order valence-electron chi connectivity index (χ3n) is 4.30. The number of benzene rings is 1. The van der Waals surface area contributed by atoms with Gasteiger partial charge in [0.1, 0.15) is 0 Å². The molecule has 2 heterocycles. The lowest BCUT2D eigenvalue weighted by Crippen LogP contribution is -2.38. The number of amides is 1. The molecule has 19 heavy (non-hydrogen) atoms. The van der Waals surface area contributed by atoms with Crippen molar-refractivity contribution in [2.45, 2.75) is 26.2 Å². The molecule has 100 valence electrons. The molecule has 0 atom stereocenters. The number of hydrogen-bond acceptors (Lipinski definition) is 1. The van der Waals surface area contributed by atoms with Crippen molar-refractivity contribution in [3.8, 4) is 0 Å². The van der Waals surface area contributed by atoms with Gasteiger partial charge in [0.2, 0.25) is 0 Å². The molecule has 0 spiro atoms. The maximum Gasteiger partial charge on any atom is 0.256 e. The predicted octanol–water partition coefficient (Wildman–Crippen LogP) is 3.43. The fourth-order valence-electron chi connectivity index (χ4n) is 2.96. The number of carbonyl (C=O) groups excluding carboxylic acids is 1. The van der Waals surface area contributed by atoms with E-state index in [0.29, 0.717) is 0 Å². The minimum absolute atomic E-state index is 0.173. The molecule has 1 aromatic heterocycles. The standard InChI is InChI=1S/C16H20N2O/c1-2-12-7-9-18(10-8-12)16(19)14-11-17-15-6-4-3-5-13(14)15/h3-6,11-12,17H,2,7-10H2,1H3. The smallest absolute Gasteiger partial charge is 0.256 e. The number of H-pyrrole nitrogens is 1. The van der Waals surface area contributed by atoms with Crippen LogP contribution in [0.4, 0.5) is 0 Å². The van der Waals surface area contributed by atoms with Crippen molar-refractivity contribution in [2.24, 2.45) is 5.92 Å². The fourth-order valence-corrected chi connectivity index (χ4v) is 2.96. The molecule has 3 heteroatoms. The Labute approximate surface area is 113 Å². The van der Waals surface area contributed by atoms with Crippen LogP contribution in [-0.4, -0.2) is 28.9 Å². The van der Waals surface area contributed by atoms with Crippen LogP contribution in [0.15, 0.2) is 30.5 Å². The van der Waals surface area contributed by atoms with Crippen LogP contribution >= 0.6 is 0 Å². The lowest BCUT2D eigenvalue weighted by atomic mass is 9.94. The molecule has 0 bridgehead atoms. The summed E-state index contributed by atoms with van der Waals surface area (Å²) in [5, 5.41) is 1.03. The van der Waals surface area contributed by atoms with Gasteiger partial charge >= 0.3 is 0 Å². The molecule has 1 aromatic carbocycles. The van der Waals surface area contributed by atoms with E-state index in [1.165, 1.54) is 6.42 Å². The van der Waals surface area contributed by atoms with Crippen LogP contribution in [0.1, 0.15) is 36.5 Å². The number of piperidine rings is 1. The zero-order chi connectivity index (χ0) is 13.2. The Kier molecular flexibility index (Phi) is 3.28. The van der Waals surface area contributed by atoms with E-state index in [2.05, 4.69) is 11.9 Å². The highest BCUT2D eigenvalue weighted by Gasteiger charge is 2.24. The maximum atomic E-state index is 12.6. The molecule has 0 aliphatic carbocycles. The van der Waals surface area contributed by atoms with Crippen LogP contribution in [0, 0.1) is 5.92 Å². The van der Waals surface area contributed by atoms with E-state index < -0.39 is 0 Å². The number of nitrogens with zero attached hydrogens (tertiary/aromatic N) is 1. The summed E-state index contributed by atoms with van der Waals surface area (Å²) in [5.74, 6) is 0.971. The Hall–Kier alpha value is -1.77. The summed E-state index contributed by atoms with van der Waals surface area (Å²) >= 11 is 0. The lowest BCUT2D eigenvalue weighted by molar-refractivity contribution is 0.0691. The Morgan fingerprint density at radius 2 is 2.05 bits per heavy atom. The zero-order valence-corrected chi connectivity index (χ0v) is 11.4. The second-order valence-electron chi connectivity index (χ2n) is 5.39. The zero-order valence-electron chi connectivity index (χ0n) is 11.4. The number of nitrogens with one attached hydrogen (secondary N) is 1. The first kappa shape index (κ1) is 12.3. The van der Waals surface area contributed by atoms with E-state index in [9.17, 15) is 4.79 Å². The van der Waals surface area contributed by atoms with E-state index in [-0.39, 0.29) is 5.91 Å². The summed E-state index contributed by atoms with van der Waals surface area (Å²) in [4.78, 5) is 17.8. The van der Waals surface area contributed by atoms with Crippen molar-refractivity contribution in [2.75, 3.05) is 13.1 Å². The van der Waals surface area contributed by atoms with Gasteiger partial charge in [0.25, 0.3) is 5.91 Å². The number of rotatable bonds is 2. The number of hydrogen-bond donors (Lipinski definition) is 1. The molecule has 1 aliphatic heterocycles. The normalized spacial score (nSPS) is 17.0. The number of fused-ring (bicyclic) bond motifs is 1. The van der Waals surface area contributed by atoms with Crippen LogP contribution in [0.5, 0.6) is 0 Å². The van der Waals surface area contributed by atoms with Crippen molar-refractivity contribution in [1.29, 1.82) is 0 Å². The average molecular weight is 256 g/mol. The van der Waals surface area contributed by atoms with Crippen LogP contribution in [-0.2, 0) is 0 Å². The molecule has 1 fully saturated rings. The molecule has 1 amide bonds. The summed E-state index contributed by atoms with van der Waals surface area (Å²) in [7, 11) is 0. The van der Waals surface area contributed by atoms with Gasteiger partial charge in [0.15, 0.2) is 0 Å².